The van der Waals surface area contributed by atoms with E-state index in [2.05, 4.69) is 9.88 Å². The van der Waals surface area contributed by atoms with Crippen LogP contribution in [0, 0.1) is 0 Å². The van der Waals surface area contributed by atoms with E-state index >= 15 is 0 Å². The number of halogens is 1. The summed E-state index contributed by atoms with van der Waals surface area (Å²) in [5.41, 5.74) is 1.07. The van der Waals surface area contributed by atoms with Gasteiger partial charge in [-0.2, -0.15) is 0 Å². The van der Waals surface area contributed by atoms with Gasteiger partial charge in [0.15, 0.2) is 0 Å². The first-order valence-electron chi connectivity index (χ1n) is 9.54. The highest BCUT2D eigenvalue weighted by molar-refractivity contribution is 6.30. The number of hydrogen-bond acceptors (Lipinski definition) is 4. The van der Waals surface area contributed by atoms with Crippen molar-refractivity contribution < 1.29 is 4.79 Å². The molecule has 1 aromatic heterocycles. The molecule has 1 amide bonds. The Balaban J connectivity index is 1.54. The Morgan fingerprint density at radius 2 is 1.83 bits per heavy atom. The number of anilines is 1. The van der Waals surface area contributed by atoms with E-state index in [-0.39, 0.29) is 11.5 Å². The molecule has 1 aliphatic heterocycles. The van der Waals surface area contributed by atoms with E-state index < -0.39 is 5.69 Å². The molecular weight excluding hydrogens is 392 g/mol. The van der Waals surface area contributed by atoms with Gasteiger partial charge in [0.05, 0.1) is 10.9 Å². The van der Waals surface area contributed by atoms with Gasteiger partial charge < -0.3 is 14.8 Å². The SMILES string of the molecule is CCn1c(=O)[nH]c2cc(C(=O)N3CCN(c4cccc(Cl)c4)CC3)ccc2c1=O. The van der Waals surface area contributed by atoms with Crippen molar-refractivity contribution in [3.8, 4) is 0 Å². The fourth-order valence-corrected chi connectivity index (χ4v) is 3.88. The molecule has 4 rings (SSSR count). The van der Waals surface area contributed by atoms with Crippen LogP contribution in [0.1, 0.15) is 17.3 Å². The third-order valence-electron chi connectivity index (χ3n) is 5.29. The van der Waals surface area contributed by atoms with E-state index in [0.717, 1.165) is 10.3 Å². The summed E-state index contributed by atoms with van der Waals surface area (Å²) in [6.07, 6.45) is 0. The van der Waals surface area contributed by atoms with Crippen molar-refractivity contribution in [2.75, 3.05) is 31.1 Å². The lowest BCUT2D eigenvalue weighted by molar-refractivity contribution is 0.0747. The average Bonchev–Trinajstić information content (AvgIpc) is 2.73. The van der Waals surface area contributed by atoms with Gasteiger partial charge in [-0.05, 0) is 43.3 Å². The van der Waals surface area contributed by atoms with Crippen LogP contribution >= 0.6 is 11.6 Å². The number of nitrogens with one attached hydrogen (secondary N) is 1. The van der Waals surface area contributed by atoms with Crippen LogP contribution in [-0.4, -0.2) is 46.5 Å². The fraction of sp³-hybridized carbons (Fsp3) is 0.286. The minimum Gasteiger partial charge on any atom is -0.368 e. The van der Waals surface area contributed by atoms with Gasteiger partial charge in [-0.25, -0.2) is 4.79 Å². The highest BCUT2D eigenvalue weighted by Gasteiger charge is 2.23. The lowest BCUT2D eigenvalue weighted by Crippen LogP contribution is -2.48. The molecule has 1 aliphatic rings. The maximum absolute atomic E-state index is 12.9. The van der Waals surface area contributed by atoms with E-state index in [9.17, 15) is 14.4 Å². The molecule has 0 spiro atoms. The minimum absolute atomic E-state index is 0.113. The Morgan fingerprint density at radius 1 is 1.07 bits per heavy atom. The van der Waals surface area contributed by atoms with Crippen molar-refractivity contribution in [2.45, 2.75) is 13.5 Å². The molecule has 150 valence electrons. The molecule has 0 aliphatic carbocycles. The van der Waals surface area contributed by atoms with Gasteiger partial charge in [0.25, 0.3) is 11.5 Å². The Kier molecular flexibility index (Phi) is 5.15. The van der Waals surface area contributed by atoms with Crippen LogP contribution in [0.3, 0.4) is 0 Å². The number of aromatic nitrogens is 2. The van der Waals surface area contributed by atoms with Crippen molar-refractivity contribution in [2.24, 2.45) is 0 Å². The van der Waals surface area contributed by atoms with Gasteiger partial charge in [-0.1, -0.05) is 17.7 Å². The van der Waals surface area contributed by atoms with Crippen molar-refractivity contribution in [1.82, 2.24) is 14.5 Å². The number of fused-ring (bicyclic) bond motifs is 1. The zero-order valence-electron chi connectivity index (χ0n) is 16.0. The van der Waals surface area contributed by atoms with Crippen molar-refractivity contribution >= 4 is 34.1 Å². The van der Waals surface area contributed by atoms with Gasteiger partial charge in [-0.15, -0.1) is 0 Å². The standard InChI is InChI=1S/C21H21ClN4O3/c1-2-26-20(28)17-7-6-14(12-18(17)23-21(26)29)19(27)25-10-8-24(9-11-25)16-5-3-4-15(22)13-16/h3-7,12-13H,2,8-11H2,1H3,(H,23,29). The van der Waals surface area contributed by atoms with Gasteiger partial charge in [-0.3, -0.25) is 14.2 Å². The van der Waals surface area contributed by atoms with Crippen LogP contribution < -0.4 is 16.1 Å². The molecule has 8 heteroatoms. The van der Waals surface area contributed by atoms with Crippen molar-refractivity contribution in [3.05, 3.63) is 73.9 Å². The average molecular weight is 413 g/mol. The smallest absolute Gasteiger partial charge is 0.328 e. The number of hydrogen-bond donors (Lipinski definition) is 1. The summed E-state index contributed by atoms with van der Waals surface area (Å²) in [4.78, 5) is 44.1. The monoisotopic (exact) mass is 412 g/mol. The molecule has 1 N–H and O–H groups in total. The Bertz CT molecular complexity index is 1190. The molecule has 3 aromatic rings. The molecule has 1 saturated heterocycles. The maximum Gasteiger partial charge on any atom is 0.328 e. The predicted octanol–water partition coefficient (Wildman–Crippen LogP) is 2.33. The molecule has 29 heavy (non-hydrogen) atoms. The molecular formula is C21H21ClN4O3. The zero-order valence-corrected chi connectivity index (χ0v) is 16.8. The first-order valence-corrected chi connectivity index (χ1v) is 9.92. The second-order valence-corrected chi connectivity index (χ2v) is 7.44. The maximum atomic E-state index is 12.9. The van der Waals surface area contributed by atoms with Crippen molar-refractivity contribution in [3.63, 3.8) is 0 Å². The number of rotatable bonds is 3. The largest absolute Gasteiger partial charge is 0.368 e. The van der Waals surface area contributed by atoms with Crippen LogP contribution in [0.5, 0.6) is 0 Å². The number of amides is 1. The number of H-pyrrole nitrogens is 1. The Hall–Kier alpha value is -3.06. The van der Waals surface area contributed by atoms with Gasteiger partial charge >= 0.3 is 5.69 Å². The Labute approximate surface area is 172 Å². The van der Waals surface area contributed by atoms with Crippen LogP contribution in [0.4, 0.5) is 5.69 Å². The Morgan fingerprint density at radius 3 is 2.52 bits per heavy atom. The van der Waals surface area contributed by atoms with E-state index in [0.29, 0.717) is 54.2 Å². The molecule has 2 heterocycles. The van der Waals surface area contributed by atoms with E-state index in [1.807, 2.05) is 24.3 Å². The van der Waals surface area contributed by atoms with E-state index in [4.69, 9.17) is 11.6 Å². The third kappa shape index (κ3) is 3.65. The molecule has 0 radical (unpaired) electrons. The van der Waals surface area contributed by atoms with E-state index in [1.54, 1.807) is 30.0 Å². The molecule has 0 unspecified atom stereocenters. The summed E-state index contributed by atoms with van der Waals surface area (Å²) >= 11 is 6.07. The summed E-state index contributed by atoms with van der Waals surface area (Å²) < 4.78 is 1.14. The minimum atomic E-state index is -0.468. The molecule has 1 fully saturated rings. The van der Waals surface area contributed by atoms with E-state index in [1.165, 1.54) is 0 Å². The molecule has 2 aromatic carbocycles. The van der Waals surface area contributed by atoms with Crippen LogP contribution in [-0.2, 0) is 6.54 Å². The second-order valence-electron chi connectivity index (χ2n) is 7.00. The number of aromatic amines is 1. The van der Waals surface area contributed by atoms with Crippen LogP contribution in [0.25, 0.3) is 10.9 Å². The lowest BCUT2D eigenvalue weighted by Gasteiger charge is -2.36. The highest BCUT2D eigenvalue weighted by atomic mass is 35.5. The summed E-state index contributed by atoms with van der Waals surface area (Å²) in [6, 6.07) is 12.5. The number of carbonyl (C=O) groups is 1. The molecule has 0 atom stereocenters. The quantitative estimate of drug-likeness (QED) is 0.716. The summed E-state index contributed by atoms with van der Waals surface area (Å²) in [6.45, 7) is 4.61. The summed E-state index contributed by atoms with van der Waals surface area (Å²) in [7, 11) is 0. The predicted molar refractivity (Wildman–Crippen MR) is 114 cm³/mol. The summed E-state index contributed by atoms with van der Waals surface area (Å²) in [5, 5.41) is 1.09. The van der Waals surface area contributed by atoms with Crippen LogP contribution in [0.2, 0.25) is 5.02 Å². The number of nitrogens with zero attached hydrogens (tertiary/aromatic N) is 3. The molecule has 0 saturated carbocycles. The van der Waals surface area contributed by atoms with Gasteiger partial charge in [0.2, 0.25) is 0 Å². The first-order chi connectivity index (χ1) is 14.0. The first kappa shape index (κ1) is 19.3. The second kappa shape index (κ2) is 7.75. The number of benzene rings is 2. The topological polar surface area (TPSA) is 78.4 Å². The fourth-order valence-electron chi connectivity index (χ4n) is 3.70. The number of carbonyl (C=O) groups excluding carboxylic acids is 1. The number of piperazine rings is 1. The highest BCUT2D eigenvalue weighted by Crippen LogP contribution is 2.21. The third-order valence-corrected chi connectivity index (χ3v) is 5.52. The lowest BCUT2D eigenvalue weighted by atomic mass is 10.1. The normalized spacial score (nSPS) is 14.4. The van der Waals surface area contributed by atoms with Gasteiger partial charge in [0, 0.05) is 49.0 Å². The summed E-state index contributed by atoms with van der Waals surface area (Å²) in [5.74, 6) is -0.113. The van der Waals surface area contributed by atoms with Crippen LogP contribution in [0.15, 0.2) is 52.1 Å². The molecule has 0 bridgehead atoms. The zero-order chi connectivity index (χ0) is 20.5. The molecule has 7 nitrogen and oxygen atoms in total. The van der Waals surface area contributed by atoms with Gasteiger partial charge in [0.1, 0.15) is 0 Å². The van der Waals surface area contributed by atoms with Crippen molar-refractivity contribution in [1.29, 1.82) is 0 Å².